The number of amides is 2. The van der Waals surface area contributed by atoms with Crippen molar-refractivity contribution in [3.63, 3.8) is 0 Å². The Balaban J connectivity index is 1.90. The molecule has 0 unspecified atom stereocenters. The number of hydrogen-bond donors (Lipinski definition) is 2. The zero-order chi connectivity index (χ0) is 20.4. The highest BCUT2D eigenvalue weighted by molar-refractivity contribution is 5.99. The highest BCUT2D eigenvalue weighted by Gasteiger charge is 2.42. The van der Waals surface area contributed by atoms with Gasteiger partial charge in [-0.25, -0.2) is 0 Å². The Morgan fingerprint density at radius 1 is 1.50 bits per heavy atom. The summed E-state index contributed by atoms with van der Waals surface area (Å²) in [6.45, 7) is 7.52. The lowest BCUT2D eigenvalue weighted by Gasteiger charge is -2.33. The van der Waals surface area contributed by atoms with Gasteiger partial charge in [-0.2, -0.15) is 0 Å². The molecule has 10 nitrogen and oxygen atoms in total. The molecule has 10 heteroatoms. The number of nitrogens with one attached hydrogen (secondary N) is 1. The Bertz CT molecular complexity index is 948. The lowest BCUT2D eigenvalue weighted by atomic mass is 10.1. The Kier molecular flexibility index (Phi) is 5.41. The van der Waals surface area contributed by atoms with Crippen LogP contribution in [-0.2, 0) is 11.3 Å². The topological polar surface area (TPSA) is 126 Å². The first-order valence-corrected chi connectivity index (χ1v) is 8.71. The van der Waals surface area contributed by atoms with Crippen molar-refractivity contribution in [2.45, 2.75) is 32.7 Å². The van der Waals surface area contributed by atoms with Crippen LogP contribution in [-0.4, -0.2) is 64.7 Å². The van der Waals surface area contributed by atoms with Crippen molar-refractivity contribution < 1.29 is 19.4 Å². The Hall–Kier alpha value is -3.27. The fourth-order valence-electron chi connectivity index (χ4n) is 3.21. The average molecular weight is 387 g/mol. The van der Waals surface area contributed by atoms with Crippen molar-refractivity contribution in [1.82, 2.24) is 14.8 Å². The zero-order valence-corrected chi connectivity index (χ0v) is 15.6. The minimum Gasteiger partial charge on any atom is -0.503 e. The van der Waals surface area contributed by atoms with Gasteiger partial charge in [-0.3, -0.25) is 24.4 Å². The number of hydrogen-bond acceptors (Lipinski definition) is 7. The first-order valence-electron chi connectivity index (χ1n) is 8.71. The molecule has 2 atom stereocenters. The summed E-state index contributed by atoms with van der Waals surface area (Å²) in [5.41, 5.74) is -0.934. The van der Waals surface area contributed by atoms with Gasteiger partial charge in [0.15, 0.2) is 17.7 Å². The van der Waals surface area contributed by atoms with Gasteiger partial charge in [-0.1, -0.05) is 0 Å². The lowest BCUT2D eigenvalue weighted by molar-refractivity contribution is 0.00625. The second-order valence-corrected chi connectivity index (χ2v) is 6.44. The minimum absolute atomic E-state index is 0.00240. The summed E-state index contributed by atoms with van der Waals surface area (Å²) < 4.78 is 6.97. The largest absolute Gasteiger partial charge is 0.503 e. The summed E-state index contributed by atoms with van der Waals surface area (Å²) in [4.78, 5) is 46.8. The molecule has 1 fully saturated rings. The molecule has 1 aromatic rings. The molecule has 3 heterocycles. The third kappa shape index (κ3) is 3.33. The first kappa shape index (κ1) is 19.5. The Morgan fingerprint density at radius 2 is 2.25 bits per heavy atom. The van der Waals surface area contributed by atoms with Gasteiger partial charge in [-0.15, -0.1) is 0 Å². The van der Waals surface area contributed by atoms with E-state index < -0.39 is 29.2 Å². The maximum Gasteiger partial charge on any atom is 0.276 e. The van der Waals surface area contributed by atoms with E-state index in [1.54, 1.807) is 13.1 Å². The minimum atomic E-state index is -0.910. The molecule has 0 radical (unpaired) electrons. The highest BCUT2D eigenvalue weighted by Crippen LogP contribution is 2.29. The number of carbonyl (C=O) groups excluding carboxylic acids is 2. The Labute approximate surface area is 160 Å². The van der Waals surface area contributed by atoms with Crippen LogP contribution in [0.1, 0.15) is 34.7 Å². The molecule has 1 aromatic heterocycles. The van der Waals surface area contributed by atoms with E-state index in [2.05, 4.69) is 22.0 Å². The van der Waals surface area contributed by atoms with Crippen LogP contribution in [0.5, 0.6) is 5.75 Å². The molecule has 3 rings (SSSR count). The monoisotopic (exact) mass is 387 g/mol. The van der Waals surface area contributed by atoms with Gasteiger partial charge in [-0.05, 0) is 20.6 Å². The number of fused-ring (bicyclic) bond motifs is 2. The standard InChI is InChI=1S/C18H21N5O5/c1-4-20-5-11(19-3)6-21-17(26)12-7-22-8-13-23(10(2)9-28-13)18(27)14(22)16(25)15(12)24/h4-5,7,10,13,25H,3,6,8-9H2,1-2H3,(H,21,26)/b11-5-,20-4?/t10-,13+/m0/s1. The van der Waals surface area contributed by atoms with Gasteiger partial charge in [0.1, 0.15) is 5.56 Å². The van der Waals surface area contributed by atoms with Crippen molar-refractivity contribution in [1.29, 1.82) is 0 Å². The molecule has 0 aromatic carbocycles. The average Bonchev–Trinajstić information content (AvgIpc) is 3.05. The van der Waals surface area contributed by atoms with Gasteiger partial charge >= 0.3 is 0 Å². The zero-order valence-electron chi connectivity index (χ0n) is 15.6. The normalized spacial score (nSPS) is 21.6. The predicted octanol–water partition coefficient (Wildman–Crippen LogP) is 0.117. The molecule has 2 amide bonds. The molecular formula is C18H21N5O5. The summed E-state index contributed by atoms with van der Waals surface area (Å²) in [5.74, 6) is -1.95. The molecule has 0 spiro atoms. The predicted molar refractivity (Wildman–Crippen MR) is 102 cm³/mol. The number of rotatable bonds is 5. The molecule has 0 aliphatic carbocycles. The highest BCUT2D eigenvalue weighted by atomic mass is 16.5. The van der Waals surface area contributed by atoms with Crippen LogP contribution in [0.4, 0.5) is 0 Å². The molecular weight excluding hydrogens is 366 g/mol. The lowest BCUT2D eigenvalue weighted by Crippen LogP contribution is -2.49. The third-order valence-electron chi connectivity index (χ3n) is 4.61. The van der Waals surface area contributed by atoms with Crippen molar-refractivity contribution in [2.75, 3.05) is 13.2 Å². The molecule has 2 aliphatic heterocycles. The van der Waals surface area contributed by atoms with Gasteiger partial charge < -0.3 is 24.6 Å². The van der Waals surface area contributed by atoms with Crippen LogP contribution in [0.3, 0.4) is 0 Å². The van der Waals surface area contributed by atoms with E-state index in [4.69, 9.17) is 4.74 Å². The number of pyridine rings is 1. The molecule has 0 bridgehead atoms. The van der Waals surface area contributed by atoms with E-state index in [0.29, 0.717) is 12.3 Å². The summed E-state index contributed by atoms with van der Waals surface area (Å²) in [5, 5.41) is 12.9. The smallest absolute Gasteiger partial charge is 0.276 e. The van der Waals surface area contributed by atoms with E-state index in [-0.39, 0.29) is 30.4 Å². The SMILES string of the molecule is C=N/C(=C\N=CC)CNC(=O)c1cn2c(c(O)c1=O)C(=O)N1[C@@H](C)CO[C@@H]1C2. The first-order chi connectivity index (χ1) is 13.4. The summed E-state index contributed by atoms with van der Waals surface area (Å²) in [7, 11) is 0. The number of aromatic hydroxyl groups is 1. The Morgan fingerprint density at radius 3 is 2.93 bits per heavy atom. The van der Waals surface area contributed by atoms with Gasteiger partial charge in [0.25, 0.3) is 11.8 Å². The molecule has 148 valence electrons. The van der Waals surface area contributed by atoms with Crippen molar-refractivity contribution >= 4 is 24.7 Å². The van der Waals surface area contributed by atoms with Crippen LogP contribution >= 0.6 is 0 Å². The van der Waals surface area contributed by atoms with Crippen molar-refractivity contribution in [2.24, 2.45) is 9.98 Å². The molecule has 2 N–H and O–H groups in total. The fraction of sp³-hybridized carbons (Fsp3) is 0.389. The van der Waals surface area contributed by atoms with Gasteiger partial charge in [0.2, 0.25) is 5.43 Å². The van der Waals surface area contributed by atoms with Crippen LogP contribution in [0.15, 0.2) is 32.9 Å². The second-order valence-electron chi connectivity index (χ2n) is 6.44. The second kappa shape index (κ2) is 7.77. The van der Waals surface area contributed by atoms with E-state index >= 15 is 0 Å². The van der Waals surface area contributed by atoms with E-state index in [1.165, 1.54) is 21.9 Å². The van der Waals surface area contributed by atoms with Crippen molar-refractivity contribution in [3.8, 4) is 5.75 Å². The number of aliphatic imine (C=N–C) groups is 2. The molecule has 0 saturated carbocycles. The van der Waals surface area contributed by atoms with Crippen molar-refractivity contribution in [3.05, 3.63) is 39.6 Å². The van der Waals surface area contributed by atoms with Gasteiger partial charge in [0, 0.05) is 18.6 Å². The van der Waals surface area contributed by atoms with Crippen LogP contribution in [0.2, 0.25) is 0 Å². The van der Waals surface area contributed by atoms with Crippen LogP contribution < -0.4 is 10.7 Å². The number of carbonyl (C=O) groups is 2. The molecule has 1 saturated heterocycles. The van der Waals surface area contributed by atoms with Crippen LogP contribution in [0.25, 0.3) is 0 Å². The van der Waals surface area contributed by atoms with E-state index in [9.17, 15) is 19.5 Å². The third-order valence-corrected chi connectivity index (χ3v) is 4.61. The maximum absolute atomic E-state index is 12.7. The number of aromatic nitrogens is 1. The molecule has 28 heavy (non-hydrogen) atoms. The quantitative estimate of drug-likeness (QED) is 0.694. The molecule has 2 aliphatic rings. The van der Waals surface area contributed by atoms with Gasteiger partial charge in [0.05, 0.1) is 31.4 Å². The summed E-state index contributed by atoms with van der Waals surface area (Å²) in [6, 6.07) is -0.161. The number of nitrogens with zero attached hydrogens (tertiary/aromatic N) is 4. The summed E-state index contributed by atoms with van der Waals surface area (Å²) >= 11 is 0. The number of ether oxygens (including phenoxy) is 1. The van der Waals surface area contributed by atoms with E-state index in [1.807, 2.05) is 6.92 Å². The fourth-order valence-corrected chi connectivity index (χ4v) is 3.21. The summed E-state index contributed by atoms with van der Waals surface area (Å²) in [6.07, 6.45) is 3.74. The maximum atomic E-state index is 12.7. The van der Waals surface area contributed by atoms with E-state index in [0.717, 1.165) is 0 Å². The van der Waals surface area contributed by atoms with Crippen LogP contribution in [0, 0.1) is 0 Å².